The first kappa shape index (κ1) is 35.1. The summed E-state index contributed by atoms with van der Waals surface area (Å²) in [4.78, 5) is 22.4. The molecule has 0 bridgehead atoms. The number of thiazole rings is 1. The summed E-state index contributed by atoms with van der Waals surface area (Å²) in [6.07, 6.45) is 12.9. The molecule has 0 aliphatic heterocycles. The second kappa shape index (κ2) is 17.8. The Morgan fingerprint density at radius 1 is 1.00 bits per heavy atom. The molecule has 0 saturated heterocycles. The number of benzene rings is 1. The number of anilines is 1. The van der Waals surface area contributed by atoms with Crippen molar-refractivity contribution in [2.75, 3.05) is 18.0 Å². The Kier molecular flexibility index (Phi) is 14.2. The summed E-state index contributed by atoms with van der Waals surface area (Å²) in [5.74, 6) is 0.869. The van der Waals surface area contributed by atoms with E-state index in [1.807, 2.05) is 31.2 Å². The van der Waals surface area contributed by atoms with E-state index in [2.05, 4.69) is 57.4 Å². The molecule has 2 heterocycles. The van der Waals surface area contributed by atoms with Crippen LogP contribution in [0.3, 0.4) is 0 Å². The zero-order chi connectivity index (χ0) is 32.1. The summed E-state index contributed by atoms with van der Waals surface area (Å²) in [5, 5.41) is 22.2. The molecule has 2 atom stereocenters. The van der Waals surface area contributed by atoms with Gasteiger partial charge in [0.05, 0.1) is 10.6 Å². The van der Waals surface area contributed by atoms with Gasteiger partial charge in [0.25, 0.3) is 5.56 Å². The van der Waals surface area contributed by atoms with Crippen molar-refractivity contribution in [3.05, 3.63) is 61.6 Å². The van der Waals surface area contributed by atoms with E-state index in [1.54, 1.807) is 11.3 Å². The first-order valence-electron chi connectivity index (χ1n) is 16.7. The lowest BCUT2D eigenvalue weighted by Crippen LogP contribution is -2.46. The number of nitrogens with zero attached hydrogens (tertiary/aromatic N) is 4. The standard InChI is InChI=1S/C37H52N4O2S/c1-7-12-18-28(10-4)25-40(26-29(11-5)19-13-8-2)37-39-34(30-20-16-15-17-21-30)33(44-37)23-31-27(6)32(24-38)36(43)41(35(31)42)22-14-9-3/h15-17,20-21,23,28-29,43H,6-14,18-19,22,25-26H2,1-5H3/b31-23-. The first-order valence-corrected chi connectivity index (χ1v) is 17.5. The van der Waals surface area contributed by atoms with Gasteiger partial charge < -0.3 is 10.0 Å². The number of unbranched alkanes of at least 4 members (excludes halogenated alkanes) is 3. The monoisotopic (exact) mass is 616 g/mol. The molecule has 0 aliphatic rings. The molecule has 0 spiro atoms. The van der Waals surface area contributed by atoms with Crippen molar-refractivity contribution in [1.82, 2.24) is 9.55 Å². The van der Waals surface area contributed by atoms with Crippen molar-refractivity contribution in [3.63, 3.8) is 0 Å². The lowest BCUT2D eigenvalue weighted by Gasteiger charge is -2.30. The van der Waals surface area contributed by atoms with Crippen LogP contribution in [0.1, 0.15) is 109 Å². The van der Waals surface area contributed by atoms with E-state index in [9.17, 15) is 15.2 Å². The molecule has 44 heavy (non-hydrogen) atoms. The van der Waals surface area contributed by atoms with Gasteiger partial charge in [-0.15, -0.1) is 0 Å². The second-order valence-corrected chi connectivity index (χ2v) is 13.0. The van der Waals surface area contributed by atoms with Crippen LogP contribution in [0.25, 0.3) is 23.9 Å². The number of hydrogen-bond donors (Lipinski definition) is 1. The summed E-state index contributed by atoms with van der Waals surface area (Å²) in [7, 11) is 0. The quantitative estimate of drug-likeness (QED) is 0.158. The Morgan fingerprint density at radius 2 is 1.59 bits per heavy atom. The van der Waals surface area contributed by atoms with Crippen molar-refractivity contribution in [1.29, 1.82) is 5.26 Å². The molecule has 0 radical (unpaired) electrons. The maximum absolute atomic E-state index is 13.7. The van der Waals surface area contributed by atoms with E-state index in [-0.39, 0.29) is 22.2 Å². The Morgan fingerprint density at radius 3 is 2.11 bits per heavy atom. The number of nitriles is 1. The van der Waals surface area contributed by atoms with Crippen LogP contribution in [0.2, 0.25) is 0 Å². The van der Waals surface area contributed by atoms with Crippen molar-refractivity contribution >= 4 is 29.1 Å². The van der Waals surface area contributed by atoms with Crippen LogP contribution in [0.15, 0.2) is 35.1 Å². The highest BCUT2D eigenvalue weighted by Crippen LogP contribution is 2.35. The zero-order valence-electron chi connectivity index (χ0n) is 27.6. The highest BCUT2D eigenvalue weighted by atomic mass is 32.1. The Hall–Kier alpha value is -3.37. The fourth-order valence-electron chi connectivity index (χ4n) is 5.74. The minimum absolute atomic E-state index is 0.0444. The third kappa shape index (κ3) is 8.85. The first-order chi connectivity index (χ1) is 21.3. The molecule has 7 heteroatoms. The predicted molar refractivity (Wildman–Crippen MR) is 187 cm³/mol. The molecule has 0 aliphatic carbocycles. The second-order valence-electron chi connectivity index (χ2n) is 12.0. The van der Waals surface area contributed by atoms with E-state index < -0.39 is 0 Å². The molecule has 0 saturated carbocycles. The average Bonchev–Trinajstić information content (AvgIpc) is 3.46. The van der Waals surface area contributed by atoms with Gasteiger partial charge in [0.1, 0.15) is 11.6 Å². The summed E-state index contributed by atoms with van der Waals surface area (Å²) in [6.45, 7) is 17.5. The summed E-state index contributed by atoms with van der Waals surface area (Å²) in [6, 6.07) is 12.2. The number of pyridine rings is 1. The molecular formula is C37H52N4O2S. The Bertz CT molecular complexity index is 1520. The minimum Gasteiger partial charge on any atom is -0.493 e. The van der Waals surface area contributed by atoms with Gasteiger partial charge in [0.2, 0.25) is 5.88 Å². The number of hydrogen-bond acceptors (Lipinski definition) is 6. The smallest absolute Gasteiger partial charge is 0.261 e. The van der Waals surface area contributed by atoms with Gasteiger partial charge in [-0.2, -0.15) is 5.26 Å². The predicted octanol–water partition coefficient (Wildman–Crippen LogP) is 7.83. The lowest BCUT2D eigenvalue weighted by molar-refractivity contribution is 0.398. The fourth-order valence-corrected chi connectivity index (χ4v) is 6.79. The third-order valence-electron chi connectivity index (χ3n) is 8.71. The SMILES string of the molecule is C=c1c(C#N)c(O)n(CCCC)c(=O)/c1=C\c1sc(N(CC(CC)CCCC)CC(CC)CCCC)nc1-c1ccccc1. The van der Waals surface area contributed by atoms with E-state index >= 15 is 0 Å². The van der Waals surface area contributed by atoms with Crippen molar-refractivity contribution in [2.24, 2.45) is 11.8 Å². The number of aromatic hydroxyl groups is 1. The highest BCUT2D eigenvalue weighted by Gasteiger charge is 2.23. The average molecular weight is 617 g/mol. The molecule has 0 fully saturated rings. The zero-order valence-corrected chi connectivity index (χ0v) is 28.4. The van der Waals surface area contributed by atoms with E-state index in [0.717, 1.165) is 60.0 Å². The van der Waals surface area contributed by atoms with Crippen molar-refractivity contribution < 1.29 is 5.11 Å². The van der Waals surface area contributed by atoms with Gasteiger partial charge in [-0.05, 0) is 37.2 Å². The molecule has 238 valence electrons. The Balaban J connectivity index is 2.26. The third-order valence-corrected chi connectivity index (χ3v) is 9.77. The highest BCUT2D eigenvalue weighted by molar-refractivity contribution is 7.16. The maximum atomic E-state index is 13.7. The summed E-state index contributed by atoms with van der Waals surface area (Å²) < 4.78 is 1.32. The van der Waals surface area contributed by atoms with Crippen LogP contribution < -0.4 is 20.9 Å². The number of aromatic nitrogens is 2. The Labute approximate surface area is 268 Å². The molecular weight excluding hydrogens is 565 g/mol. The van der Waals surface area contributed by atoms with E-state index in [1.165, 1.54) is 43.1 Å². The van der Waals surface area contributed by atoms with Crippen LogP contribution in [-0.4, -0.2) is 27.7 Å². The normalized spacial score (nSPS) is 13.1. The minimum atomic E-state index is -0.331. The fraction of sp³-hybridized carbons (Fsp3) is 0.541. The molecule has 1 aromatic carbocycles. The van der Waals surface area contributed by atoms with Crippen LogP contribution in [-0.2, 0) is 6.54 Å². The van der Waals surface area contributed by atoms with Gasteiger partial charge in [-0.3, -0.25) is 9.36 Å². The molecule has 3 aromatic rings. The van der Waals surface area contributed by atoms with Gasteiger partial charge in [0, 0.05) is 35.6 Å². The van der Waals surface area contributed by atoms with Gasteiger partial charge in [-0.1, -0.05) is 128 Å². The molecule has 6 nitrogen and oxygen atoms in total. The molecule has 2 unspecified atom stereocenters. The van der Waals surface area contributed by atoms with Gasteiger partial charge in [0.15, 0.2) is 5.13 Å². The molecule has 0 amide bonds. The summed E-state index contributed by atoms with van der Waals surface area (Å²) in [5.41, 5.74) is 1.52. The maximum Gasteiger partial charge on any atom is 0.261 e. The topological polar surface area (TPSA) is 82.1 Å². The van der Waals surface area contributed by atoms with Gasteiger partial charge >= 0.3 is 0 Å². The molecule has 2 aromatic heterocycles. The largest absolute Gasteiger partial charge is 0.493 e. The van der Waals surface area contributed by atoms with Crippen LogP contribution in [0.4, 0.5) is 5.13 Å². The summed E-state index contributed by atoms with van der Waals surface area (Å²) >= 11 is 1.61. The van der Waals surface area contributed by atoms with Crippen LogP contribution >= 0.6 is 11.3 Å². The number of rotatable bonds is 18. The van der Waals surface area contributed by atoms with Gasteiger partial charge in [-0.25, -0.2) is 4.98 Å². The van der Waals surface area contributed by atoms with E-state index in [0.29, 0.717) is 23.6 Å². The van der Waals surface area contributed by atoms with Crippen molar-refractivity contribution in [2.45, 2.75) is 105 Å². The lowest BCUT2D eigenvalue weighted by atomic mass is 9.96. The molecule has 3 rings (SSSR count). The van der Waals surface area contributed by atoms with Crippen molar-refractivity contribution in [3.8, 4) is 23.2 Å². The molecule has 1 N–H and O–H groups in total. The van der Waals surface area contributed by atoms with E-state index in [4.69, 9.17) is 4.98 Å². The van der Waals surface area contributed by atoms with Crippen LogP contribution in [0.5, 0.6) is 5.88 Å². The van der Waals surface area contributed by atoms with Crippen LogP contribution in [0, 0.1) is 23.2 Å².